The molecular formula is C21H28ClFN2O. The van der Waals surface area contributed by atoms with Gasteiger partial charge in [-0.2, -0.15) is 0 Å². The molecule has 3 rings (SSSR count). The average Bonchev–Trinajstić information content (AvgIpc) is 2.63. The van der Waals surface area contributed by atoms with Gasteiger partial charge in [-0.25, -0.2) is 4.39 Å². The smallest absolute Gasteiger partial charge is 0.125 e. The zero-order valence-electron chi connectivity index (χ0n) is 15.5. The summed E-state index contributed by atoms with van der Waals surface area (Å²) in [6, 6.07) is 14.1. The quantitative estimate of drug-likeness (QED) is 0.814. The van der Waals surface area contributed by atoms with Crippen molar-refractivity contribution in [3.8, 4) is 5.75 Å². The summed E-state index contributed by atoms with van der Waals surface area (Å²) in [5.74, 6) is 0.908. The van der Waals surface area contributed by atoms with E-state index in [0.717, 1.165) is 54.2 Å². The van der Waals surface area contributed by atoms with E-state index in [1.165, 1.54) is 0 Å². The molecule has 5 heteroatoms. The lowest BCUT2D eigenvalue weighted by Gasteiger charge is -2.34. The van der Waals surface area contributed by atoms with Crippen molar-refractivity contribution < 1.29 is 9.13 Å². The largest absolute Gasteiger partial charge is 0.488 e. The van der Waals surface area contributed by atoms with E-state index < -0.39 is 0 Å². The predicted octanol–water partition coefficient (Wildman–Crippen LogP) is 4.22. The molecular weight excluding hydrogens is 351 g/mol. The number of alkyl halides is 1. The summed E-state index contributed by atoms with van der Waals surface area (Å²) in [5, 5.41) is 3.33. The Labute approximate surface area is 162 Å². The Morgan fingerprint density at radius 2 is 1.69 bits per heavy atom. The van der Waals surface area contributed by atoms with Gasteiger partial charge in [0.2, 0.25) is 0 Å². The number of nitrogens with one attached hydrogen (secondary N) is 1. The molecule has 0 saturated carbocycles. The van der Waals surface area contributed by atoms with Gasteiger partial charge in [-0.15, -0.1) is 12.4 Å². The zero-order valence-corrected chi connectivity index (χ0v) is 16.3. The van der Waals surface area contributed by atoms with Gasteiger partial charge in [0.15, 0.2) is 0 Å². The van der Waals surface area contributed by atoms with Gasteiger partial charge in [-0.05, 0) is 36.1 Å². The summed E-state index contributed by atoms with van der Waals surface area (Å²) >= 11 is 0. The van der Waals surface area contributed by atoms with Crippen LogP contribution in [0, 0.1) is 13.8 Å². The molecule has 1 heterocycles. The molecule has 1 saturated heterocycles. The fourth-order valence-electron chi connectivity index (χ4n) is 3.52. The molecule has 3 nitrogen and oxygen atoms in total. The van der Waals surface area contributed by atoms with E-state index in [1.54, 1.807) is 0 Å². The van der Waals surface area contributed by atoms with Crippen molar-refractivity contribution in [3.63, 3.8) is 0 Å². The molecule has 0 unspecified atom stereocenters. The molecule has 1 atom stereocenters. The van der Waals surface area contributed by atoms with E-state index in [2.05, 4.69) is 34.5 Å². The Morgan fingerprint density at radius 1 is 1.08 bits per heavy atom. The Bertz CT molecular complexity index is 667. The van der Waals surface area contributed by atoms with Gasteiger partial charge in [0, 0.05) is 26.2 Å². The van der Waals surface area contributed by atoms with Crippen molar-refractivity contribution in [2.45, 2.75) is 26.5 Å². The molecule has 2 aromatic carbocycles. The lowest BCUT2D eigenvalue weighted by atomic mass is 9.99. The summed E-state index contributed by atoms with van der Waals surface area (Å²) < 4.78 is 19.8. The molecule has 0 radical (unpaired) electrons. The molecule has 0 bridgehead atoms. The summed E-state index contributed by atoms with van der Waals surface area (Å²) in [5.41, 5.74) is 4.33. The predicted molar refractivity (Wildman–Crippen MR) is 107 cm³/mol. The molecule has 1 aliphatic heterocycles. The highest BCUT2D eigenvalue weighted by atomic mass is 35.5. The number of rotatable bonds is 6. The van der Waals surface area contributed by atoms with Crippen LogP contribution < -0.4 is 10.1 Å². The van der Waals surface area contributed by atoms with Crippen LogP contribution in [0.5, 0.6) is 5.75 Å². The summed E-state index contributed by atoms with van der Waals surface area (Å²) in [6.45, 7) is 7.90. The Balaban J connectivity index is 0.00000243. The van der Waals surface area contributed by atoms with E-state index in [4.69, 9.17) is 4.74 Å². The van der Waals surface area contributed by atoms with E-state index in [1.807, 2.05) is 32.0 Å². The monoisotopic (exact) mass is 378 g/mol. The highest BCUT2D eigenvalue weighted by Crippen LogP contribution is 2.31. The number of piperazine rings is 1. The lowest BCUT2D eigenvalue weighted by Crippen LogP contribution is -2.45. The molecule has 0 spiro atoms. The summed E-state index contributed by atoms with van der Waals surface area (Å²) in [7, 11) is 0. The van der Waals surface area contributed by atoms with Crippen molar-refractivity contribution in [3.05, 3.63) is 64.7 Å². The topological polar surface area (TPSA) is 24.5 Å². The van der Waals surface area contributed by atoms with Gasteiger partial charge < -0.3 is 10.1 Å². The minimum absolute atomic E-state index is 0. The Hall–Kier alpha value is -1.62. The summed E-state index contributed by atoms with van der Waals surface area (Å²) in [4.78, 5) is 2.23. The van der Waals surface area contributed by atoms with Crippen LogP contribution in [0.4, 0.5) is 4.39 Å². The maximum atomic E-state index is 13.8. The minimum Gasteiger partial charge on any atom is -0.488 e. The number of benzene rings is 2. The maximum Gasteiger partial charge on any atom is 0.125 e. The van der Waals surface area contributed by atoms with Crippen molar-refractivity contribution in [1.82, 2.24) is 10.2 Å². The highest BCUT2D eigenvalue weighted by molar-refractivity contribution is 5.85. The van der Waals surface area contributed by atoms with Crippen LogP contribution >= 0.6 is 12.4 Å². The third-order valence-electron chi connectivity index (χ3n) is 4.83. The van der Waals surface area contributed by atoms with Gasteiger partial charge in [-0.1, -0.05) is 42.5 Å². The molecule has 0 amide bonds. The first-order valence-electron chi connectivity index (χ1n) is 8.97. The molecule has 1 fully saturated rings. The lowest BCUT2D eigenvalue weighted by molar-refractivity contribution is 0.147. The first-order chi connectivity index (χ1) is 12.2. The van der Waals surface area contributed by atoms with Crippen LogP contribution in [0.1, 0.15) is 28.3 Å². The Kier molecular flexibility index (Phi) is 7.88. The number of halogens is 2. The van der Waals surface area contributed by atoms with Gasteiger partial charge in [0.25, 0.3) is 0 Å². The average molecular weight is 379 g/mol. The molecule has 0 aromatic heterocycles. The van der Waals surface area contributed by atoms with Crippen LogP contribution in [-0.4, -0.2) is 37.8 Å². The first-order valence-corrected chi connectivity index (χ1v) is 8.97. The SMILES string of the molecule is Cc1cc([C@@H](CF)N2CCNCC2)cc(C)c1OCc1ccccc1.Cl. The number of aryl methyl sites for hydroxylation is 2. The molecule has 1 N–H and O–H groups in total. The van der Waals surface area contributed by atoms with Gasteiger partial charge in [0.1, 0.15) is 19.0 Å². The van der Waals surface area contributed by atoms with Crippen molar-refractivity contribution in [2.24, 2.45) is 0 Å². The van der Waals surface area contributed by atoms with Crippen LogP contribution in [0.2, 0.25) is 0 Å². The molecule has 1 aliphatic rings. The fraction of sp³-hybridized carbons (Fsp3) is 0.429. The second-order valence-corrected chi connectivity index (χ2v) is 6.71. The number of hydrogen-bond acceptors (Lipinski definition) is 3. The van der Waals surface area contributed by atoms with Gasteiger partial charge >= 0.3 is 0 Å². The molecule has 26 heavy (non-hydrogen) atoms. The van der Waals surface area contributed by atoms with Crippen molar-refractivity contribution >= 4 is 12.4 Å². The standard InChI is InChI=1S/C21H27FN2O.ClH/c1-16-12-19(20(14-22)24-10-8-23-9-11-24)13-17(2)21(16)25-15-18-6-4-3-5-7-18;/h3-7,12-13,20,23H,8-11,14-15H2,1-2H3;1H/t20-;/m1./s1. The van der Waals surface area contributed by atoms with Gasteiger partial charge in [0.05, 0.1) is 6.04 Å². The van der Waals surface area contributed by atoms with Crippen molar-refractivity contribution in [1.29, 1.82) is 0 Å². The van der Waals surface area contributed by atoms with E-state index in [-0.39, 0.29) is 25.1 Å². The number of hydrogen-bond donors (Lipinski definition) is 1. The minimum atomic E-state index is -0.358. The zero-order chi connectivity index (χ0) is 17.6. The Morgan fingerprint density at radius 3 is 2.27 bits per heavy atom. The van der Waals surface area contributed by atoms with E-state index in [0.29, 0.717) is 6.61 Å². The normalized spacial score (nSPS) is 16.0. The van der Waals surface area contributed by atoms with Crippen LogP contribution in [0.3, 0.4) is 0 Å². The number of ether oxygens (including phenoxy) is 1. The third-order valence-corrected chi connectivity index (χ3v) is 4.83. The second-order valence-electron chi connectivity index (χ2n) is 6.71. The second kappa shape index (κ2) is 9.91. The molecule has 0 aliphatic carbocycles. The first kappa shape index (κ1) is 20.7. The van der Waals surface area contributed by atoms with Crippen LogP contribution in [-0.2, 0) is 6.61 Å². The highest BCUT2D eigenvalue weighted by Gasteiger charge is 2.23. The summed E-state index contributed by atoms with van der Waals surface area (Å²) in [6.07, 6.45) is 0. The van der Waals surface area contributed by atoms with E-state index in [9.17, 15) is 4.39 Å². The van der Waals surface area contributed by atoms with Crippen LogP contribution in [0.25, 0.3) is 0 Å². The maximum absolute atomic E-state index is 13.8. The molecule has 142 valence electrons. The van der Waals surface area contributed by atoms with E-state index >= 15 is 0 Å². The van der Waals surface area contributed by atoms with Crippen molar-refractivity contribution in [2.75, 3.05) is 32.9 Å². The number of nitrogens with zero attached hydrogens (tertiary/aromatic N) is 1. The third kappa shape index (κ3) is 4.97. The fourth-order valence-corrected chi connectivity index (χ4v) is 3.52. The van der Waals surface area contributed by atoms with Crippen LogP contribution in [0.15, 0.2) is 42.5 Å². The molecule has 2 aromatic rings. The van der Waals surface area contributed by atoms with Gasteiger partial charge in [-0.3, -0.25) is 4.90 Å².